The summed E-state index contributed by atoms with van der Waals surface area (Å²) in [6.45, 7) is 5.49. The maximum atomic E-state index is 11.6. The molecule has 2 atom stereocenters. The number of ketones is 1. The Kier molecular flexibility index (Phi) is 4.20. The molecule has 0 aromatic rings. The SMILES string of the molecule is C[C@@H]1CC(=O)C=C(CO)[C@]1(C)CCC1OCCO1. The molecule has 1 saturated heterocycles. The third kappa shape index (κ3) is 2.66. The van der Waals surface area contributed by atoms with E-state index in [2.05, 4.69) is 13.8 Å². The van der Waals surface area contributed by atoms with Crippen molar-refractivity contribution >= 4 is 5.78 Å². The highest BCUT2D eigenvalue weighted by Gasteiger charge is 2.39. The zero-order valence-corrected chi connectivity index (χ0v) is 11.1. The second kappa shape index (κ2) is 5.51. The van der Waals surface area contributed by atoms with Crippen molar-refractivity contribution in [3.8, 4) is 0 Å². The number of hydrogen-bond donors (Lipinski definition) is 1. The zero-order chi connectivity index (χ0) is 13.2. The third-order valence-electron chi connectivity index (χ3n) is 4.42. The third-order valence-corrected chi connectivity index (χ3v) is 4.42. The summed E-state index contributed by atoms with van der Waals surface area (Å²) in [5.74, 6) is 0.371. The van der Waals surface area contributed by atoms with Crippen LogP contribution in [0.3, 0.4) is 0 Å². The van der Waals surface area contributed by atoms with E-state index in [4.69, 9.17) is 9.47 Å². The predicted octanol–water partition coefficient (Wildman–Crippen LogP) is 1.67. The van der Waals surface area contributed by atoms with Crippen molar-refractivity contribution in [2.45, 2.75) is 39.4 Å². The average molecular weight is 254 g/mol. The molecule has 0 unspecified atom stereocenters. The van der Waals surface area contributed by atoms with Crippen LogP contribution in [0.4, 0.5) is 0 Å². The molecule has 0 aromatic heterocycles. The first-order valence-electron chi connectivity index (χ1n) is 6.64. The summed E-state index contributed by atoms with van der Waals surface area (Å²) >= 11 is 0. The van der Waals surface area contributed by atoms with Gasteiger partial charge < -0.3 is 14.6 Å². The van der Waals surface area contributed by atoms with Crippen LogP contribution in [-0.2, 0) is 14.3 Å². The van der Waals surface area contributed by atoms with E-state index in [-0.39, 0.29) is 30.0 Å². The minimum Gasteiger partial charge on any atom is -0.392 e. The summed E-state index contributed by atoms with van der Waals surface area (Å²) in [7, 11) is 0. The molecule has 0 aromatic carbocycles. The van der Waals surface area contributed by atoms with Crippen LogP contribution in [0.1, 0.15) is 33.1 Å². The molecule has 4 nitrogen and oxygen atoms in total. The van der Waals surface area contributed by atoms with Crippen molar-refractivity contribution in [3.63, 3.8) is 0 Å². The topological polar surface area (TPSA) is 55.8 Å². The van der Waals surface area contributed by atoms with E-state index in [1.54, 1.807) is 6.08 Å². The summed E-state index contributed by atoms with van der Waals surface area (Å²) in [5, 5.41) is 9.47. The average Bonchev–Trinajstić information content (AvgIpc) is 2.84. The van der Waals surface area contributed by atoms with Crippen molar-refractivity contribution in [1.29, 1.82) is 0 Å². The molecule has 1 heterocycles. The van der Waals surface area contributed by atoms with E-state index >= 15 is 0 Å². The van der Waals surface area contributed by atoms with Crippen LogP contribution in [0.25, 0.3) is 0 Å². The molecule has 4 heteroatoms. The lowest BCUT2D eigenvalue weighted by Crippen LogP contribution is -2.35. The Morgan fingerprint density at radius 1 is 1.44 bits per heavy atom. The molecule has 1 N–H and O–H groups in total. The normalized spacial score (nSPS) is 33.8. The van der Waals surface area contributed by atoms with E-state index in [0.717, 1.165) is 18.4 Å². The molecule has 102 valence electrons. The summed E-state index contributed by atoms with van der Waals surface area (Å²) in [6.07, 6.45) is 3.75. The number of aliphatic hydroxyl groups excluding tert-OH is 1. The number of carbonyl (C=O) groups excluding carboxylic acids is 1. The van der Waals surface area contributed by atoms with Gasteiger partial charge in [-0.15, -0.1) is 0 Å². The van der Waals surface area contributed by atoms with Gasteiger partial charge >= 0.3 is 0 Å². The Hall–Kier alpha value is -0.710. The fraction of sp³-hybridized carbons (Fsp3) is 0.786. The van der Waals surface area contributed by atoms with Gasteiger partial charge in [-0.25, -0.2) is 0 Å². The lowest BCUT2D eigenvalue weighted by molar-refractivity contribution is -0.117. The highest BCUT2D eigenvalue weighted by Crippen LogP contribution is 2.44. The van der Waals surface area contributed by atoms with Crippen molar-refractivity contribution in [3.05, 3.63) is 11.6 Å². The molecule has 0 radical (unpaired) electrons. The van der Waals surface area contributed by atoms with E-state index in [0.29, 0.717) is 19.6 Å². The summed E-state index contributed by atoms with van der Waals surface area (Å²) in [6, 6.07) is 0. The molecule has 2 rings (SSSR count). The maximum absolute atomic E-state index is 11.6. The first kappa shape index (κ1) is 13.7. The van der Waals surface area contributed by atoms with Gasteiger partial charge in [-0.3, -0.25) is 4.79 Å². The van der Waals surface area contributed by atoms with Crippen molar-refractivity contribution < 1.29 is 19.4 Å². The van der Waals surface area contributed by atoms with Gasteiger partial charge in [-0.05, 0) is 35.8 Å². The van der Waals surface area contributed by atoms with Gasteiger partial charge in [0.15, 0.2) is 12.1 Å². The van der Waals surface area contributed by atoms with Crippen LogP contribution in [0, 0.1) is 11.3 Å². The number of hydrogen-bond acceptors (Lipinski definition) is 4. The smallest absolute Gasteiger partial charge is 0.157 e. The summed E-state index contributed by atoms with van der Waals surface area (Å²) in [5.41, 5.74) is 0.724. The van der Waals surface area contributed by atoms with Gasteiger partial charge in [0.05, 0.1) is 19.8 Å². The lowest BCUT2D eigenvalue weighted by Gasteiger charge is -2.40. The van der Waals surface area contributed by atoms with Gasteiger partial charge in [0, 0.05) is 6.42 Å². The summed E-state index contributed by atoms with van der Waals surface area (Å²) in [4.78, 5) is 11.6. The van der Waals surface area contributed by atoms with Crippen LogP contribution in [-0.4, -0.2) is 37.0 Å². The van der Waals surface area contributed by atoms with E-state index in [1.165, 1.54) is 0 Å². The molecule has 0 spiro atoms. The molecular formula is C14H22O4. The Morgan fingerprint density at radius 3 is 2.72 bits per heavy atom. The van der Waals surface area contributed by atoms with Crippen LogP contribution < -0.4 is 0 Å². The second-order valence-corrected chi connectivity index (χ2v) is 5.53. The van der Waals surface area contributed by atoms with Crippen molar-refractivity contribution in [2.75, 3.05) is 19.8 Å². The number of ether oxygens (including phenoxy) is 2. The number of carbonyl (C=O) groups is 1. The standard InChI is InChI=1S/C14H22O4/c1-10-7-12(16)8-11(9-15)14(10,2)4-3-13-17-5-6-18-13/h8,10,13,15H,3-7,9H2,1-2H3/t10-,14-/m1/s1. The maximum Gasteiger partial charge on any atom is 0.157 e. The quantitative estimate of drug-likeness (QED) is 0.829. The molecule has 1 fully saturated rings. The number of allylic oxidation sites excluding steroid dienone is 1. The minimum absolute atomic E-state index is 0.0427. The van der Waals surface area contributed by atoms with Gasteiger partial charge in [0.2, 0.25) is 0 Å². The van der Waals surface area contributed by atoms with Crippen molar-refractivity contribution in [2.24, 2.45) is 11.3 Å². The molecule has 1 aliphatic heterocycles. The Bertz CT molecular complexity index is 344. The lowest BCUT2D eigenvalue weighted by atomic mass is 9.64. The van der Waals surface area contributed by atoms with E-state index in [9.17, 15) is 9.90 Å². The monoisotopic (exact) mass is 254 g/mol. The van der Waals surface area contributed by atoms with Crippen molar-refractivity contribution in [1.82, 2.24) is 0 Å². The zero-order valence-electron chi connectivity index (χ0n) is 11.1. The highest BCUT2D eigenvalue weighted by atomic mass is 16.7. The first-order chi connectivity index (χ1) is 8.56. The van der Waals surface area contributed by atoms with E-state index < -0.39 is 0 Å². The van der Waals surface area contributed by atoms with Gasteiger partial charge in [0.25, 0.3) is 0 Å². The molecule has 2 aliphatic rings. The van der Waals surface area contributed by atoms with Gasteiger partial charge in [0.1, 0.15) is 0 Å². The fourth-order valence-corrected chi connectivity index (χ4v) is 2.89. The largest absolute Gasteiger partial charge is 0.392 e. The van der Waals surface area contributed by atoms with Crippen LogP contribution in [0.2, 0.25) is 0 Å². The molecule has 18 heavy (non-hydrogen) atoms. The van der Waals surface area contributed by atoms with Crippen LogP contribution in [0.5, 0.6) is 0 Å². The fourth-order valence-electron chi connectivity index (χ4n) is 2.89. The number of rotatable bonds is 4. The number of aliphatic hydroxyl groups is 1. The highest BCUT2D eigenvalue weighted by molar-refractivity contribution is 5.91. The predicted molar refractivity (Wildman–Crippen MR) is 67.0 cm³/mol. The van der Waals surface area contributed by atoms with Crippen LogP contribution in [0.15, 0.2) is 11.6 Å². The summed E-state index contributed by atoms with van der Waals surface area (Å²) < 4.78 is 10.9. The molecule has 0 amide bonds. The minimum atomic E-state index is -0.127. The Labute approximate surface area is 108 Å². The van der Waals surface area contributed by atoms with Gasteiger partial charge in [-0.1, -0.05) is 13.8 Å². The van der Waals surface area contributed by atoms with E-state index in [1.807, 2.05) is 0 Å². The molecule has 1 aliphatic carbocycles. The van der Waals surface area contributed by atoms with Crippen LogP contribution >= 0.6 is 0 Å². The Balaban J connectivity index is 2.05. The first-order valence-corrected chi connectivity index (χ1v) is 6.64. The molecule has 0 bridgehead atoms. The Morgan fingerprint density at radius 2 is 2.11 bits per heavy atom. The van der Waals surface area contributed by atoms with Gasteiger partial charge in [-0.2, -0.15) is 0 Å². The molecular weight excluding hydrogens is 232 g/mol. The second-order valence-electron chi connectivity index (χ2n) is 5.53. The molecule has 0 saturated carbocycles.